The molecule has 0 bridgehead atoms. The first-order chi connectivity index (χ1) is 10.9. The Morgan fingerprint density at radius 2 is 2.04 bits per heavy atom. The number of allylic oxidation sites excluding steroid dienone is 2. The summed E-state index contributed by atoms with van der Waals surface area (Å²) in [6, 6.07) is 3.24. The molecule has 0 saturated carbocycles. The number of hydrogen-bond donors (Lipinski definition) is 1. The second-order valence-corrected chi connectivity index (χ2v) is 6.10. The average Bonchev–Trinajstić information content (AvgIpc) is 2.49. The first-order valence-corrected chi connectivity index (χ1v) is 7.79. The summed E-state index contributed by atoms with van der Waals surface area (Å²) < 4.78 is 6.31. The number of hydrogen-bond acceptors (Lipinski definition) is 5. The summed E-state index contributed by atoms with van der Waals surface area (Å²) in [4.78, 5) is 20.3. The van der Waals surface area contributed by atoms with E-state index in [9.17, 15) is 9.90 Å². The third-order valence-electron chi connectivity index (χ3n) is 3.12. The van der Waals surface area contributed by atoms with Crippen molar-refractivity contribution in [3.05, 3.63) is 57.6 Å². The van der Waals surface area contributed by atoms with E-state index in [0.29, 0.717) is 21.6 Å². The topological polar surface area (TPSA) is 72.3 Å². The van der Waals surface area contributed by atoms with Crippen LogP contribution in [0.4, 0.5) is 0 Å². The molecule has 1 aromatic carbocycles. The number of phenols is 1. The van der Waals surface area contributed by atoms with Crippen molar-refractivity contribution in [2.24, 2.45) is 0 Å². The molecule has 0 unspecified atom stereocenters. The van der Waals surface area contributed by atoms with Crippen LogP contribution in [0.15, 0.2) is 40.8 Å². The molecule has 2 aromatic rings. The third-order valence-corrected chi connectivity index (χ3v) is 3.53. The van der Waals surface area contributed by atoms with Crippen LogP contribution in [-0.4, -0.2) is 20.9 Å². The van der Waals surface area contributed by atoms with Gasteiger partial charge in [-0.15, -0.1) is 0 Å². The van der Waals surface area contributed by atoms with Crippen molar-refractivity contribution in [1.82, 2.24) is 9.97 Å². The summed E-state index contributed by atoms with van der Waals surface area (Å²) in [5.74, 6) is 0.212. The molecule has 6 heteroatoms. The van der Waals surface area contributed by atoms with Gasteiger partial charge in [-0.3, -0.25) is 9.78 Å². The lowest BCUT2D eigenvalue weighted by molar-refractivity contribution is 0.104. The highest BCUT2D eigenvalue weighted by Gasteiger charge is 2.14. The van der Waals surface area contributed by atoms with E-state index in [1.807, 2.05) is 13.8 Å². The lowest BCUT2D eigenvalue weighted by atomic mass is 10.0. The molecular weight excluding hydrogens is 360 g/mol. The van der Waals surface area contributed by atoms with Gasteiger partial charge in [-0.25, -0.2) is 4.98 Å². The number of nitrogens with zero attached hydrogens (tertiary/aromatic N) is 2. The maximum absolute atomic E-state index is 12.1. The van der Waals surface area contributed by atoms with E-state index < -0.39 is 0 Å². The molecule has 0 aliphatic rings. The van der Waals surface area contributed by atoms with Crippen molar-refractivity contribution in [2.75, 3.05) is 0 Å². The predicted molar refractivity (Wildman–Crippen MR) is 90.7 cm³/mol. The van der Waals surface area contributed by atoms with E-state index in [1.54, 1.807) is 31.5 Å². The molecule has 2 rings (SSSR count). The van der Waals surface area contributed by atoms with E-state index >= 15 is 0 Å². The minimum Gasteiger partial charge on any atom is -0.507 e. The number of carbonyl (C=O) groups is 1. The molecule has 1 aromatic heterocycles. The quantitative estimate of drug-likeness (QED) is 0.630. The Balaban J connectivity index is 2.18. The van der Waals surface area contributed by atoms with Gasteiger partial charge in [0.25, 0.3) is 0 Å². The highest BCUT2D eigenvalue weighted by atomic mass is 79.9. The van der Waals surface area contributed by atoms with Gasteiger partial charge in [0.2, 0.25) is 0 Å². The molecule has 0 atom stereocenters. The fraction of sp³-hybridized carbons (Fsp3) is 0.235. The molecule has 0 saturated heterocycles. The lowest BCUT2D eigenvalue weighted by Gasteiger charge is -2.12. The summed E-state index contributed by atoms with van der Waals surface area (Å²) in [5, 5.41) is 10.2. The number of ketones is 1. The van der Waals surface area contributed by atoms with E-state index in [-0.39, 0.29) is 23.7 Å². The Hall–Kier alpha value is -2.21. The molecule has 0 amide bonds. The summed E-state index contributed by atoms with van der Waals surface area (Å²) in [6.07, 6.45) is 4.68. The van der Waals surface area contributed by atoms with E-state index in [2.05, 4.69) is 25.9 Å². The van der Waals surface area contributed by atoms with Crippen LogP contribution in [0.5, 0.6) is 11.5 Å². The largest absolute Gasteiger partial charge is 0.507 e. The van der Waals surface area contributed by atoms with Crippen LogP contribution in [0.2, 0.25) is 0 Å². The zero-order valence-corrected chi connectivity index (χ0v) is 14.7. The van der Waals surface area contributed by atoms with Crippen LogP contribution in [0.3, 0.4) is 0 Å². The smallest absolute Gasteiger partial charge is 0.189 e. The molecular formula is C17H17BrN2O3. The summed E-state index contributed by atoms with van der Waals surface area (Å²) in [7, 11) is 0. The Morgan fingerprint density at radius 1 is 1.30 bits per heavy atom. The molecule has 0 aliphatic carbocycles. The minimum atomic E-state index is -0.226. The first kappa shape index (κ1) is 17.1. The third kappa shape index (κ3) is 4.39. The number of aromatic nitrogens is 2. The second kappa shape index (κ2) is 7.37. The van der Waals surface area contributed by atoms with Gasteiger partial charge < -0.3 is 9.84 Å². The number of aromatic hydroxyl groups is 1. The number of benzene rings is 1. The summed E-state index contributed by atoms with van der Waals surface area (Å²) in [6.45, 7) is 5.59. The molecule has 120 valence electrons. The van der Waals surface area contributed by atoms with Gasteiger partial charge in [0.05, 0.1) is 23.7 Å². The number of carbonyl (C=O) groups excluding carboxylic acids is 1. The highest BCUT2D eigenvalue weighted by Crippen LogP contribution is 2.31. The molecule has 0 spiro atoms. The Kier molecular flexibility index (Phi) is 5.50. The van der Waals surface area contributed by atoms with Gasteiger partial charge in [0.1, 0.15) is 22.7 Å². The standard InChI is InChI=1S/C17H17BrN2O3/c1-10(2)6-14(21)13-4-5-15(11(3)17(13)22)23-9-12-7-20-16(18)8-19-12/h4-8,22H,9H2,1-3H3. The normalized spacial score (nSPS) is 10.3. The SMILES string of the molecule is CC(C)=CC(=O)c1ccc(OCc2cnc(Br)cn2)c(C)c1O. The molecule has 5 nitrogen and oxygen atoms in total. The minimum absolute atomic E-state index is 0.0631. The molecule has 1 heterocycles. The van der Waals surface area contributed by atoms with Crippen LogP contribution < -0.4 is 4.74 Å². The van der Waals surface area contributed by atoms with Gasteiger partial charge in [0.15, 0.2) is 5.78 Å². The maximum Gasteiger partial charge on any atom is 0.189 e. The fourth-order valence-electron chi connectivity index (χ4n) is 1.94. The van der Waals surface area contributed by atoms with Crippen molar-refractivity contribution in [3.8, 4) is 11.5 Å². The van der Waals surface area contributed by atoms with Crippen molar-refractivity contribution in [3.63, 3.8) is 0 Å². The maximum atomic E-state index is 12.1. The van der Waals surface area contributed by atoms with Gasteiger partial charge in [-0.2, -0.15) is 0 Å². The first-order valence-electron chi connectivity index (χ1n) is 6.99. The number of halogens is 1. The van der Waals surface area contributed by atoms with Crippen LogP contribution in [-0.2, 0) is 6.61 Å². The van der Waals surface area contributed by atoms with Gasteiger partial charge >= 0.3 is 0 Å². The Bertz CT molecular complexity index is 751. The van der Waals surface area contributed by atoms with Gasteiger partial charge in [0, 0.05) is 5.56 Å². The number of phenolic OH excluding ortho intramolecular Hbond substituents is 1. The highest BCUT2D eigenvalue weighted by molar-refractivity contribution is 9.10. The molecule has 0 radical (unpaired) electrons. The molecule has 1 N–H and O–H groups in total. The van der Waals surface area contributed by atoms with Crippen molar-refractivity contribution < 1.29 is 14.6 Å². The number of ether oxygens (including phenoxy) is 1. The zero-order chi connectivity index (χ0) is 17.0. The van der Waals surface area contributed by atoms with E-state index in [1.165, 1.54) is 6.08 Å². The average molecular weight is 377 g/mol. The molecule has 0 fully saturated rings. The summed E-state index contributed by atoms with van der Waals surface area (Å²) >= 11 is 3.22. The van der Waals surface area contributed by atoms with Gasteiger partial charge in [-0.05, 0) is 54.9 Å². The molecule has 23 heavy (non-hydrogen) atoms. The monoisotopic (exact) mass is 376 g/mol. The molecule has 0 aliphatic heterocycles. The van der Waals surface area contributed by atoms with E-state index in [4.69, 9.17) is 4.74 Å². The number of rotatable bonds is 5. The Morgan fingerprint density at radius 3 is 2.65 bits per heavy atom. The van der Waals surface area contributed by atoms with Crippen molar-refractivity contribution in [1.29, 1.82) is 0 Å². The summed E-state index contributed by atoms with van der Waals surface area (Å²) in [5.41, 5.74) is 2.32. The van der Waals surface area contributed by atoms with E-state index in [0.717, 1.165) is 5.57 Å². The van der Waals surface area contributed by atoms with Crippen LogP contribution in [0.1, 0.15) is 35.5 Å². The predicted octanol–water partition coefficient (Wildman–Crippen LogP) is 3.98. The van der Waals surface area contributed by atoms with Crippen molar-refractivity contribution >= 4 is 21.7 Å². The van der Waals surface area contributed by atoms with Crippen molar-refractivity contribution in [2.45, 2.75) is 27.4 Å². The zero-order valence-electron chi connectivity index (χ0n) is 13.1. The fourth-order valence-corrected chi connectivity index (χ4v) is 2.15. The van der Waals surface area contributed by atoms with Gasteiger partial charge in [-0.1, -0.05) is 5.57 Å². The lowest BCUT2D eigenvalue weighted by Crippen LogP contribution is -2.02. The Labute approximate surface area is 143 Å². The second-order valence-electron chi connectivity index (χ2n) is 5.29. The van der Waals surface area contributed by atoms with Crippen LogP contribution in [0, 0.1) is 6.92 Å². The van der Waals surface area contributed by atoms with Crippen LogP contribution in [0.25, 0.3) is 0 Å². The van der Waals surface area contributed by atoms with Crippen LogP contribution >= 0.6 is 15.9 Å².